The molecule has 1 saturated carbocycles. The molecule has 0 spiro atoms. The maximum absolute atomic E-state index is 5.99. The lowest BCUT2D eigenvalue weighted by molar-refractivity contribution is 0.400. The normalized spacial score (nSPS) is 17.6. The summed E-state index contributed by atoms with van der Waals surface area (Å²) in [6.07, 6.45) is 3.92. The van der Waals surface area contributed by atoms with E-state index in [0.29, 0.717) is 23.4 Å². The molecular weight excluding hydrogens is 206 g/mol. The molecule has 1 aliphatic carbocycles. The first-order valence-corrected chi connectivity index (χ1v) is 5.39. The highest BCUT2D eigenvalue weighted by Gasteiger charge is 2.33. The molecule has 2 N–H and O–H groups in total. The summed E-state index contributed by atoms with van der Waals surface area (Å²) in [5.41, 5.74) is 6.97. The number of nitrogens with two attached hydrogens (primary N) is 1. The second-order valence-corrected chi connectivity index (χ2v) is 4.25. The Morgan fingerprint density at radius 3 is 2.94 bits per heavy atom. The van der Waals surface area contributed by atoms with E-state index in [1.807, 2.05) is 13.0 Å². The Labute approximate surface area is 92.6 Å². The van der Waals surface area contributed by atoms with Gasteiger partial charge in [0, 0.05) is 5.56 Å². The molecular formula is C11H13N3O2. The monoisotopic (exact) mass is 219 g/mol. The molecule has 5 nitrogen and oxygen atoms in total. The van der Waals surface area contributed by atoms with Crippen molar-refractivity contribution in [3.63, 3.8) is 0 Å². The third-order valence-electron chi connectivity index (χ3n) is 2.93. The van der Waals surface area contributed by atoms with E-state index in [1.54, 1.807) is 6.26 Å². The molecule has 0 aromatic carbocycles. The van der Waals surface area contributed by atoms with Gasteiger partial charge in [0.15, 0.2) is 11.6 Å². The van der Waals surface area contributed by atoms with Crippen molar-refractivity contribution >= 4 is 0 Å². The molecule has 84 valence electrons. The molecule has 1 unspecified atom stereocenters. The van der Waals surface area contributed by atoms with E-state index < -0.39 is 0 Å². The van der Waals surface area contributed by atoms with Crippen LogP contribution in [0.1, 0.15) is 30.3 Å². The van der Waals surface area contributed by atoms with Crippen LogP contribution in [0.5, 0.6) is 0 Å². The van der Waals surface area contributed by atoms with Gasteiger partial charge in [-0.1, -0.05) is 5.16 Å². The first-order valence-electron chi connectivity index (χ1n) is 5.39. The van der Waals surface area contributed by atoms with E-state index in [-0.39, 0.29) is 6.04 Å². The van der Waals surface area contributed by atoms with Gasteiger partial charge < -0.3 is 14.7 Å². The topological polar surface area (TPSA) is 78.1 Å². The third-order valence-corrected chi connectivity index (χ3v) is 2.93. The number of hydrogen-bond acceptors (Lipinski definition) is 5. The molecule has 16 heavy (non-hydrogen) atoms. The molecule has 0 amide bonds. The standard InChI is InChI=1S/C11H13N3O2/c1-6-4-5-15-9(6)11-13-10(14-16-11)8(12)7-2-3-7/h4-5,7-8H,2-3,12H2,1H3. The maximum Gasteiger partial charge on any atom is 0.293 e. The summed E-state index contributed by atoms with van der Waals surface area (Å²) in [4.78, 5) is 4.28. The molecule has 1 aliphatic rings. The second-order valence-electron chi connectivity index (χ2n) is 4.25. The first kappa shape index (κ1) is 9.59. The average molecular weight is 219 g/mol. The molecule has 2 heterocycles. The Balaban J connectivity index is 1.90. The number of nitrogens with zero attached hydrogens (tertiary/aromatic N) is 2. The zero-order valence-corrected chi connectivity index (χ0v) is 9.01. The largest absolute Gasteiger partial charge is 0.459 e. The molecule has 1 fully saturated rings. The van der Waals surface area contributed by atoms with Crippen molar-refractivity contribution in [2.75, 3.05) is 0 Å². The Morgan fingerprint density at radius 1 is 1.50 bits per heavy atom. The zero-order valence-electron chi connectivity index (χ0n) is 9.01. The summed E-state index contributed by atoms with van der Waals surface area (Å²) in [5.74, 6) is 2.13. The molecule has 2 aromatic heterocycles. The molecule has 0 radical (unpaired) electrons. The van der Waals surface area contributed by atoms with Crippen LogP contribution in [0.3, 0.4) is 0 Å². The molecule has 5 heteroatoms. The van der Waals surface area contributed by atoms with Crippen molar-refractivity contribution in [3.8, 4) is 11.7 Å². The van der Waals surface area contributed by atoms with Crippen LogP contribution in [0.25, 0.3) is 11.7 Å². The van der Waals surface area contributed by atoms with Gasteiger partial charge in [0.05, 0.1) is 12.3 Å². The van der Waals surface area contributed by atoms with E-state index >= 15 is 0 Å². The highest BCUT2D eigenvalue weighted by atomic mass is 16.5. The van der Waals surface area contributed by atoms with Crippen molar-refractivity contribution in [3.05, 3.63) is 23.7 Å². The molecule has 3 rings (SSSR count). The van der Waals surface area contributed by atoms with Crippen LogP contribution in [0.15, 0.2) is 21.3 Å². The Bertz CT molecular complexity index is 499. The number of hydrogen-bond donors (Lipinski definition) is 1. The highest BCUT2D eigenvalue weighted by molar-refractivity contribution is 5.49. The van der Waals surface area contributed by atoms with Crippen LogP contribution in [0, 0.1) is 12.8 Å². The number of furan rings is 1. The molecule has 1 atom stereocenters. The van der Waals surface area contributed by atoms with Crippen LogP contribution in [0.4, 0.5) is 0 Å². The predicted octanol–water partition coefficient (Wildman–Crippen LogP) is 2.05. The van der Waals surface area contributed by atoms with Gasteiger partial charge in [0.2, 0.25) is 0 Å². The molecule has 0 saturated heterocycles. The third kappa shape index (κ3) is 1.53. The van der Waals surface area contributed by atoms with Gasteiger partial charge in [0.1, 0.15) is 0 Å². The fourth-order valence-electron chi connectivity index (χ4n) is 1.72. The lowest BCUT2D eigenvalue weighted by Gasteiger charge is -2.01. The summed E-state index contributed by atoms with van der Waals surface area (Å²) < 4.78 is 10.4. The fraction of sp³-hybridized carbons (Fsp3) is 0.455. The Hall–Kier alpha value is -1.62. The maximum atomic E-state index is 5.99. The van der Waals surface area contributed by atoms with Crippen molar-refractivity contribution < 1.29 is 8.94 Å². The van der Waals surface area contributed by atoms with Gasteiger partial charge >= 0.3 is 0 Å². The summed E-state index contributed by atoms with van der Waals surface area (Å²) in [7, 11) is 0. The first-order chi connectivity index (χ1) is 7.75. The van der Waals surface area contributed by atoms with E-state index in [2.05, 4.69) is 10.1 Å². The van der Waals surface area contributed by atoms with E-state index in [9.17, 15) is 0 Å². The average Bonchev–Trinajstić information content (AvgIpc) is 2.86. The van der Waals surface area contributed by atoms with Gasteiger partial charge in [-0.3, -0.25) is 0 Å². The lowest BCUT2D eigenvalue weighted by Crippen LogP contribution is -2.13. The van der Waals surface area contributed by atoms with Crippen LogP contribution >= 0.6 is 0 Å². The Kier molecular flexibility index (Phi) is 2.07. The van der Waals surface area contributed by atoms with Crippen molar-refractivity contribution in [2.45, 2.75) is 25.8 Å². The van der Waals surface area contributed by atoms with Gasteiger partial charge in [-0.25, -0.2) is 0 Å². The smallest absolute Gasteiger partial charge is 0.293 e. The van der Waals surface area contributed by atoms with Crippen LogP contribution in [-0.4, -0.2) is 10.1 Å². The number of rotatable bonds is 3. The van der Waals surface area contributed by atoms with Gasteiger partial charge in [0.25, 0.3) is 5.89 Å². The van der Waals surface area contributed by atoms with Crippen molar-refractivity contribution in [1.29, 1.82) is 0 Å². The van der Waals surface area contributed by atoms with Gasteiger partial charge in [-0.15, -0.1) is 0 Å². The van der Waals surface area contributed by atoms with Gasteiger partial charge in [-0.2, -0.15) is 4.98 Å². The summed E-state index contributed by atoms with van der Waals surface area (Å²) in [5, 5.41) is 3.90. The zero-order chi connectivity index (χ0) is 11.1. The van der Waals surface area contributed by atoms with Crippen LogP contribution in [-0.2, 0) is 0 Å². The van der Waals surface area contributed by atoms with Crippen molar-refractivity contribution in [1.82, 2.24) is 10.1 Å². The summed E-state index contributed by atoms with van der Waals surface area (Å²) in [6, 6.07) is 1.76. The molecule has 0 bridgehead atoms. The van der Waals surface area contributed by atoms with E-state index in [4.69, 9.17) is 14.7 Å². The minimum atomic E-state index is -0.104. The summed E-state index contributed by atoms with van der Waals surface area (Å²) >= 11 is 0. The SMILES string of the molecule is Cc1ccoc1-c1nc(C(N)C2CC2)no1. The quantitative estimate of drug-likeness (QED) is 0.854. The summed E-state index contributed by atoms with van der Waals surface area (Å²) in [6.45, 7) is 1.93. The Morgan fingerprint density at radius 2 is 2.31 bits per heavy atom. The fourth-order valence-corrected chi connectivity index (χ4v) is 1.72. The number of aryl methyl sites for hydroxylation is 1. The highest BCUT2D eigenvalue weighted by Crippen LogP contribution is 2.38. The number of aromatic nitrogens is 2. The minimum Gasteiger partial charge on any atom is -0.459 e. The van der Waals surface area contributed by atoms with Crippen LogP contribution < -0.4 is 5.73 Å². The minimum absolute atomic E-state index is 0.104. The predicted molar refractivity (Wildman–Crippen MR) is 56.4 cm³/mol. The van der Waals surface area contributed by atoms with Gasteiger partial charge in [-0.05, 0) is 31.7 Å². The molecule has 0 aliphatic heterocycles. The van der Waals surface area contributed by atoms with Crippen LogP contribution in [0.2, 0.25) is 0 Å². The van der Waals surface area contributed by atoms with E-state index in [1.165, 1.54) is 0 Å². The molecule has 2 aromatic rings. The van der Waals surface area contributed by atoms with Crippen molar-refractivity contribution in [2.24, 2.45) is 11.7 Å². The van der Waals surface area contributed by atoms with E-state index in [0.717, 1.165) is 18.4 Å². The lowest BCUT2D eigenvalue weighted by atomic mass is 10.2. The second kappa shape index (κ2) is 3.45.